The van der Waals surface area contributed by atoms with Crippen LogP contribution in [0.5, 0.6) is 0 Å². The zero-order valence-electron chi connectivity index (χ0n) is 14.1. The molecular formula is C20H20BrN3O. The molecule has 1 heterocycles. The Morgan fingerprint density at radius 3 is 2.48 bits per heavy atom. The molecule has 0 fully saturated rings. The normalized spacial score (nSPS) is 10.6. The summed E-state index contributed by atoms with van der Waals surface area (Å²) in [6.07, 6.45) is 4.23. The minimum absolute atomic E-state index is 0.0955. The Bertz CT molecular complexity index is 828. The number of amides is 1. The fourth-order valence-electron chi connectivity index (χ4n) is 2.62. The number of aromatic nitrogens is 2. The smallest absolute Gasteiger partial charge is 0.227 e. The van der Waals surface area contributed by atoms with E-state index in [2.05, 4.69) is 33.2 Å². The Balaban J connectivity index is 1.56. The molecule has 128 valence electrons. The third-order valence-electron chi connectivity index (χ3n) is 3.99. The Morgan fingerprint density at radius 2 is 1.76 bits per heavy atom. The first kappa shape index (κ1) is 17.4. The van der Waals surface area contributed by atoms with Gasteiger partial charge in [-0.25, -0.2) is 0 Å². The highest BCUT2D eigenvalue weighted by Gasteiger charge is 2.11. The Labute approximate surface area is 156 Å². The topological polar surface area (TPSA) is 38.1 Å². The summed E-state index contributed by atoms with van der Waals surface area (Å²) in [4.78, 5) is 14.1. The molecule has 0 saturated heterocycles. The first-order valence-corrected chi connectivity index (χ1v) is 8.93. The van der Waals surface area contributed by atoms with Crippen molar-refractivity contribution < 1.29 is 4.79 Å². The van der Waals surface area contributed by atoms with Crippen LogP contribution in [0.15, 0.2) is 71.5 Å². The molecule has 0 aliphatic rings. The van der Waals surface area contributed by atoms with Crippen LogP contribution in [0.25, 0.3) is 0 Å². The number of likely N-dealkylation sites (N-methyl/N-ethyl adjacent to an activating group) is 1. The molecule has 0 saturated carbocycles. The predicted molar refractivity (Wildman–Crippen MR) is 102 cm³/mol. The van der Waals surface area contributed by atoms with Gasteiger partial charge in [-0.15, -0.1) is 0 Å². The van der Waals surface area contributed by atoms with Crippen molar-refractivity contribution in [2.45, 2.75) is 19.5 Å². The first-order valence-electron chi connectivity index (χ1n) is 8.14. The van der Waals surface area contributed by atoms with Gasteiger partial charge in [-0.3, -0.25) is 9.48 Å². The second-order valence-electron chi connectivity index (χ2n) is 6.08. The summed E-state index contributed by atoms with van der Waals surface area (Å²) in [5, 5.41) is 4.39. The van der Waals surface area contributed by atoms with Crippen molar-refractivity contribution in [1.82, 2.24) is 14.7 Å². The minimum atomic E-state index is 0.0955. The van der Waals surface area contributed by atoms with E-state index in [1.165, 1.54) is 5.56 Å². The van der Waals surface area contributed by atoms with Crippen molar-refractivity contribution in [2.75, 3.05) is 7.05 Å². The molecule has 0 bridgehead atoms. The number of hydrogen-bond donors (Lipinski definition) is 0. The number of rotatable bonds is 6. The average molecular weight is 398 g/mol. The van der Waals surface area contributed by atoms with E-state index in [1.807, 2.05) is 66.6 Å². The number of carbonyl (C=O) groups excluding carboxylic acids is 1. The average Bonchev–Trinajstić information content (AvgIpc) is 3.04. The summed E-state index contributed by atoms with van der Waals surface area (Å²) < 4.78 is 2.92. The van der Waals surface area contributed by atoms with Gasteiger partial charge in [-0.05, 0) is 23.3 Å². The maximum Gasteiger partial charge on any atom is 0.227 e. The zero-order chi connectivity index (χ0) is 17.6. The molecule has 0 aliphatic heterocycles. The van der Waals surface area contributed by atoms with E-state index < -0.39 is 0 Å². The lowest BCUT2D eigenvalue weighted by Gasteiger charge is -2.16. The van der Waals surface area contributed by atoms with E-state index in [1.54, 1.807) is 4.90 Å². The minimum Gasteiger partial charge on any atom is -0.341 e. The lowest BCUT2D eigenvalue weighted by Crippen LogP contribution is -2.27. The van der Waals surface area contributed by atoms with Gasteiger partial charge in [0.15, 0.2) is 0 Å². The van der Waals surface area contributed by atoms with Gasteiger partial charge in [-0.2, -0.15) is 5.10 Å². The highest BCUT2D eigenvalue weighted by atomic mass is 79.9. The van der Waals surface area contributed by atoms with Crippen molar-refractivity contribution in [2.24, 2.45) is 0 Å². The first-order chi connectivity index (χ1) is 12.1. The molecule has 2 aromatic carbocycles. The van der Waals surface area contributed by atoms with Gasteiger partial charge in [-0.1, -0.05) is 58.4 Å². The SMILES string of the molecule is CN(Cc1cnn(Cc2ccccc2)c1)C(=O)Cc1ccc(Br)cc1. The lowest BCUT2D eigenvalue weighted by atomic mass is 10.1. The molecule has 0 spiro atoms. The molecule has 0 unspecified atom stereocenters. The van der Waals surface area contributed by atoms with Gasteiger partial charge in [0, 0.05) is 29.8 Å². The summed E-state index contributed by atoms with van der Waals surface area (Å²) >= 11 is 3.41. The van der Waals surface area contributed by atoms with E-state index in [9.17, 15) is 4.79 Å². The molecule has 0 atom stereocenters. The van der Waals surface area contributed by atoms with Crippen molar-refractivity contribution in [3.63, 3.8) is 0 Å². The molecule has 3 rings (SSSR count). The molecule has 1 aromatic heterocycles. The van der Waals surface area contributed by atoms with Gasteiger partial charge in [0.2, 0.25) is 5.91 Å². The Kier molecular flexibility index (Phi) is 5.66. The second kappa shape index (κ2) is 8.12. The van der Waals surface area contributed by atoms with Crippen LogP contribution in [-0.2, 0) is 24.3 Å². The van der Waals surface area contributed by atoms with E-state index >= 15 is 0 Å². The van der Waals surface area contributed by atoms with Crippen LogP contribution >= 0.6 is 15.9 Å². The van der Waals surface area contributed by atoms with Gasteiger partial charge in [0.05, 0.1) is 19.2 Å². The molecule has 0 N–H and O–H groups in total. The fraction of sp³-hybridized carbons (Fsp3) is 0.200. The van der Waals surface area contributed by atoms with Crippen molar-refractivity contribution in [1.29, 1.82) is 0 Å². The number of benzene rings is 2. The van der Waals surface area contributed by atoms with Gasteiger partial charge in [0.25, 0.3) is 0 Å². The van der Waals surface area contributed by atoms with Crippen LogP contribution in [0.2, 0.25) is 0 Å². The predicted octanol–water partition coefficient (Wildman–Crippen LogP) is 3.90. The molecule has 3 aromatic rings. The van der Waals surface area contributed by atoms with Gasteiger partial charge < -0.3 is 4.90 Å². The number of hydrogen-bond acceptors (Lipinski definition) is 2. The Hall–Kier alpha value is -2.40. The molecule has 4 nitrogen and oxygen atoms in total. The molecule has 5 heteroatoms. The molecule has 1 amide bonds. The van der Waals surface area contributed by atoms with E-state index in [-0.39, 0.29) is 5.91 Å². The third kappa shape index (κ3) is 5.03. The van der Waals surface area contributed by atoms with E-state index in [0.29, 0.717) is 13.0 Å². The molecule has 0 aliphatic carbocycles. The van der Waals surface area contributed by atoms with Crippen LogP contribution in [0, 0.1) is 0 Å². The maximum absolute atomic E-state index is 12.4. The van der Waals surface area contributed by atoms with Crippen LogP contribution in [0.3, 0.4) is 0 Å². The van der Waals surface area contributed by atoms with Crippen molar-refractivity contribution in [3.8, 4) is 0 Å². The zero-order valence-corrected chi connectivity index (χ0v) is 15.7. The number of carbonyl (C=O) groups is 1. The summed E-state index contributed by atoms with van der Waals surface area (Å²) in [7, 11) is 1.83. The summed E-state index contributed by atoms with van der Waals surface area (Å²) in [5.74, 6) is 0.0955. The number of nitrogens with zero attached hydrogens (tertiary/aromatic N) is 3. The summed E-state index contributed by atoms with van der Waals surface area (Å²) in [6, 6.07) is 18.0. The second-order valence-corrected chi connectivity index (χ2v) is 7.00. The molecular weight excluding hydrogens is 378 g/mol. The highest BCUT2D eigenvalue weighted by molar-refractivity contribution is 9.10. The fourth-order valence-corrected chi connectivity index (χ4v) is 2.88. The lowest BCUT2D eigenvalue weighted by molar-refractivity contribution is -0.129. The molecule has 25 heavy (non-hydrogen) atoms. The monoisotopic (exact) mass is 397 g/mol. The van der Waals surface area contributed by atoms with Crippen LogP contribution < -0.4 is 0 Å². The van der Waals surface area contributed by atoms with Crippen molar-refractivity contribution in [3.05, 3.63) is 88.2 Å². The largest absolute Gasteiger partial charge is 0.341 e. The van der Waals surface area contributed by atoms with Crippen LogP contribution in [0.1, 0.15) is 16.7 Å². The standard InChI is InChI=1S/C20H20BrN3O/c1-23(20(25)11-16-7-9-19(21)10-8-16)13-18-12-22-24(15-18)14-17-5-3-2-4-6-17/h2-10,12,15H,11,13-14H2,1H3. The van der Waals surface area contributed by atoms with Crippen LogP contribution in [-0.4, -0.2) is 27.6 Å². The van der Waals surface area contributed by atoms with Crippen LogP contribution in [0.4, 0.5) is 0 Å². The third-order valence-corrected chi connectivity index (χ3v) is 4.52. The number of halogens is 1. The quantitative estimate of drug-likeness (QED) is 0.632. The van der Waals surface area contributed by atoms with Crippen molar-refractivity contribution >= 4 is 21.8 Å². The summed E-state index contributed by atoms with van der Waals surface area (Å²) in [6.45, 7) is 1.29. The van der Waals surface area contributed by atoms with Gasteiger partial charge in [0.1, 0.15) is 0 Å². The van der Waals surface area contributed by atoms with E-state index in [0.717, 1.165) is 22.1 Å². The van der Waals surface area contributed by atoms with E-state index in [4.69, 9.17) is 0 Å². The van der Waals surface area contributed by atoms with Gasteiger partial charge >= 0.3 is 0 Å². The summed E-state index contributed by atoms with van der Waals surface area (Å²) in [5.41, 5.74) is 3.25. The Morgan fingerprint density at radius 1 is 1.04 bits per heavy atom. The highest BCUT2D eigenvalue weighted by Crippen LogP contribution is 2.12. The molecule has 0 radical (unpaired) electrons. The maximum atomic E-state index is 12.4.